The molecule has 6 nitrogen and oxygen atoms in total. The Bertz CT molecular complexity index is 1420. The molecule has 4 bridgehead atoms. The van der Waals surface area contributed by atoms with Gasteiger partial charge in [0.05, 0.1) is 16.3 Å². The van der Waals surface area contributed by atoms with Crippen molar-refractivity contribution >= 4 is 33.3 Å². The summed E-state index contributed by atoms with van der Waals surface area (Å²) in [5.41, 5.74) is 0.979. The maximum Gasteiger partial charge on any atom is 0.338 e. The van der Waals surface area contributed by atoms with Crippen LogP contribution >= 0.6 is 11.6 Å². The topological polar surface area (TPSA) is 92.7 Å². The number of ether oxygens (including phenoxy) is 1. The van der Waals surface area contributed by atoms with Gasteiger partial charge in [-0.2, -0.15) is 0 Å². The molecule has 2 aliphatic rings. The summed E-state index contributed by atoms with van der Waals surface area (Å²) >= 11 is 5.96. The number of sulfonamides is 1. The van der Waals surface area contributed by atoms with Crippen molar-refractivity contribution in [3.8, 4) is 16.9 Å². The number of hydrogen-bond donors (Lipinski definition) is 2. The molecule has 3 aromatic carbocycles. The maximum atomic E-state index is 14.8. The minimum atomic E-state index is -4.61. The molecule has 10 heteroatoms. The molecule has 1 atom stereocenters. The fraction of sp³-hybridized carbons (Fsp3) is 0.136. The summed E-state index contributed by atoms with van der Waals surface area (Å²) in [5, 5.41) is 9.82. The number of aromatic hydroxyl groups is 1. The van der Waals surface area contributed by atoms with Gasteiger partial charge in [0, 0.05) is 17.2 Å². The van der Waals surface area contributed by atoms with Crippen LogP contribution in [0.1, 0.15) is 34.0 Å². The van der Waals surface area contributed by atoms with E-state index >= 15 is 0 Å². The average Bonchev–Trinajstić information content (AvgIpc) is 3.14. The standard InChI is InChI=1S/C22H14ClF2NO5S/c23-14-6-11-7-19(21(14)27)32(29,30)26-17-8-13(15(24)9-16(17)25)12-3-1-2-10-4-5-18(20(10)12)31-22(11)28/h1-3,6-9,18,26-27H,4-5H2. The molecule has 3 aromatic rings. The second-order valence-electron chi connectivity index (χ2n) is 7.53. The quantitative estimate of drug-likeness (QED) is 0.447. The predicted molar refractivity (Wildman–Crippen MR) is 112 cm³/mol. The minimum Gasteiger partial charge on any atom is -0.505 e. The van der Waals surface area contributed by atoms with Crippen LogP contribution in [0.5, 0.6) is 5.75 Å². The molecule has 32 heavy (non-hydrogen) atoms. The molecule has 0 spiro atoms. The van der Waals surface area contributed by atoms with Crippen molar-refractivity contribution in [2.24, 2.45) is 0 Å². The zero-order valence-electron chi connectivity index (χ0n) is 16.2. The van der Waals surface area contributed by atoms with Crippen LogP contribution in [-0.2, 0) is 21.2 Å². The summed E-state index contributed by atoms with van der Waals surface area (Å²) in [6, 6.07) is 8.71. The Kier molecular flexibility index (Phi) is 4.65. The molecule has 1 unspecified atom stereocenters. The molecule has 2 N–H and O–H groups in total. The first-order valence-corrected chi connectivity index (χ1v) is 11.4. The first-order chi connectivity index (χ1) is 15.2. The maximum absolute atomic E-state index is 14.8. The number of esters is 1. The lowest BCUT2D eigenvalue weighted by atomic mass is 9.95. The van der Waals surface area contributed by atoms with Gasteiger partial charge in [0.1, 0.15) is 22.6 Å². The van der Waals surface area contributed by atoms with Gasteiger partial charge >= 0.3 is 5.97 Å². The van der Waals surface area contributed by atoms with Crippen LogP contribution in [0.15, 0.2) is 47.4 Å². The lowest BCUT2D eigenvalue weighted by Crippen LogP contribution is -2.16. The molecule has 1 aliphatic carbocycles. The van der Waals surface area contributed by atoms with Crippen LogP contribution in [0.25, 0.3) is 11.1 Å². The summed E-state index contributed by atoms with van der Waals surface area (Å²) in [6.45, 7) is 0. The Labute approximate surface area is 186 Å². The zero-order valence-corrected chi connectivity index (χ0v) is 17.7. The highest BCUT2D eigenvalue weighted by molar-refractivity contribution is 7.92. The number of phenolic OH excluding ortho intramolecular Hbond substituents is 1. The first kappa shape index (κ1) is 20.7. The molecular formula is C22H14ClF2NO5S. The summed E-state index contributed by atoms with van der Waals surface area (Å²) in [7, 11) is -4.61. The summed E-state index contributed by atoms with van der Waals surface area (Å²) in [4.78, 5) is 12.1. The normalized spacial score (nSPS) is 18.5. The Morgan fingerprint density at radius 3 is 2.66 bits per heavy atom. The van der Waals surface area contributed by atoms with Crippen LogP contribution in [0.3, 0.4) is 0 Å². The number of carbonyl (C=O) groups excluding carboxylic acids is 1. The van der Waals surface area contributed by atoms with Crippen molar-refractivity contribution in [3.05, 3.63) is 75.8 Å². The number of phenols is 1. The summed E-state index contributed by atoms with van der Waals surface area (Å²) in [6.07, 6.45) is 0.275. The molecule has 5 rings (SSSR count). The lowest BCUT2D eigenvalue weighted by molar-refractivity contribution is 0.0302. The van der Waals surface area contributed by atoms with Gasteiger partial charge in [-0.05, 0) is 42.2 Å². The van der Waals surface area contributed by atoms with Gasteiger partial charge < -0.3 is 9.84 Å². The number of rotatable bonds is 0. The summed E-state index contributed by atoms with van der Waals surface area (Å²) in [5.74, 6) is -3.74. The highest BCUT2D eigenvalue weighted by Crippen LogP contribution is 2.44. The number of nitrogens with one attached hydrogen (secondary N) is 1. The molecule has 0 radical (unpaired) electrons. The van der Waals surface area contributed by atoms with E-state index in [1.54, 1.807) is 12.1 Å². The number of carbonyl (C=O) groups is 1. The molecule has 0 aromatic heterocycles. The zero-order chi connectivity index (χ0) is 22.8. The molecule has 1 aliphatic heterocycles. The Morgan fingerprint density at radius 2 is 1.88 bits per heavy atom. The van der Waals surface area contributed by atoms with Gasteiger partial charge in [-0.25, -0.2) is 22.0 Å². The van der Waals surface area contributed by atoms with Crippen molar-refractivity contribution in [1.29, 1.82) is 0 Å². The van der Waals surface area contributed by atoms with Crippen LogP contribution in [0.4, 0.5) is 14.5 Å². The van der Waals surface area contributed by atoms with Gasteiger partial charge in [-0.3, -0.25) is 4.72 Å². The minimum absolute atomic E-state index is 0.0582. The molecule has 164 valence electrons. The number of halogens is 3. The van der Waals surface area contributed by atoms with E-state index in [1.165, 1.54) is 0 Å². The monoisotopic (exact) mass is 477 g/mol. The first-order valence-electron chi connectivity index (χ1n) is 9.53. The highest BCUT2D eigenvalue weighted by Gasteiger charge is 2.32. The van der Waals surface area contributed by atoms with E-state index in [-0.39, 0.29) is 11.1 Å². The van der Waals surface area contributed by atoms with Gasteiger partial charge in [0.2, 0.25) is 0 Å². The van der Waals surface area contributed by atoms with Crippen LogP contribution in [-0.4, -0.2) is 19.5 Å². The Hall–Kier alpha value is -3.17. The van der Waals surface area contributed by atoms with Crippen LogP contribution in [0.2, 0.25) is 5.02 Å². The van der Waals surface area contributed by atoms with Gasteiger partial charge in [0.15, 0.2) is 5.75 Å². The van der Waals surface area contributed by atoms with Gasteiger partial charge in [0.25, 0.3) is 10.0 Å². The lowest BCUT2D eigenvalue weighted by Gasteiger charge is -2.18. The van der Waals surface area contributed by atoms with Crippen LogP contribution in [0, 0.1) is 11.6 Å². The number of fused-ring (bicyclic) bond motifs is 5. The second-order valence-corrected chi connectivity index (χ2v) is 9.59. The number of benzene rings is 3. The Morgan fingerprint density at radius 1 is 1.09 bits per heavy atom. The smallest absolute Gasteiger partial charge is 0.338 e. The molecule has 0 saturated heterocycles. The molecule has 0 saturated carbocycles. The summed E-state index contributed by atoms with van der Waals surface area (Å²) < 4.78 is 62.9. The van der Waals surface area contributed by atoms with Gasteiger partial charge in [-0.1, -0.05) is 29.8 Å². The third kappa shape index (κ3) is 3.20. The molecule has 0 amide bonds. The van der Waals surface area contributed by atoms with E-state index in [0.717, 1.165) is 23.8 Å². The van der Waals surface area contributed by atoms with E-state index in [9.17, 15) is 27.1 Å². The average molecular weight is 478 g/mol. The fourth-order valence-corrected chi connectivity index (χ4v) is 5.60. The van der Waals surface area contributed by atoms with Crippen molar-refractivity contribution < 1.29 is 31.8 Å². The second kappa shape index (κ2) is 7.18. The number of hydrogen-bond acceptors (Lipinski definition) is 5. The largest absolute Gasteiger partial charge is 0.505 e. The van der Waals surface area contributed by atoms with Crippen molar-refractivity contribution in [2.75, 3.05) is 4.72 Å². The van der Waals surface area contributed by atoms with E-state index in [2.05, 4.69) is 0 Å². The number of anilines is 1. The van der Waals surface area contributed by atoms with Crippen molar-refractivity contribution in [3.63, 3.8) is 0 Å². The molecule has 1 heterocycles. The van der Waals surface area contributed by atoms with E-state index in [1.807, 2.05) is 10.8 Å². The van der Waals surface area contributed by atoms with Crippen molar-refractivity contribution in [2.45, 2.75) is 23.8 Å². The van der Waals surface area contributed by atoms with E-state index < -0.39 is 55.1 Å². The highest BCUT2D eigenvalue weighted by atomic mass is 35.5. The third-order valence-corrected chi connectivity index (χ3v) is 7.26. The Balaban J connectivity index is 1.83. The fourth-order valence-electron chi connectivity index (χ4n) is 4.12. The van der Waals surface area contributed by atoms with Gasteiger partial charge in [-0.15, -0.1) is 0 Å². The van der Waals surface area contributed by atoms with Crippen LogP contribution < -0.4 is 4.72 Å². The van der Waals surface area contributed by atoms with E-state index in [0.29, 0.717) is 30.0 Å². The van der Waals surface area contributed by atoms with Crippen molar-refractivity contribution in [1.82, 2.24) is 0 Å². The molecular weight excluding hydrogens is 464 g/mol. The predicted octanol–water partition coefficient (Wildman–Crippen LogP) is 4.95. The molecule has 0 fully saturated rings. The third-order valence-electron chi connectivity index (χ3n) is 5.59. The number of aryl methyl sites for hydroxylation is 1. The SMILES string of the molecule is O=C1OC2CCc3cccc(c32)-c2cc(c(F)cc2F)NS(=O)(=O)c2cc1cc(Cl)c2O. The van der Waals surface area contributed by atoms with E-state index in [4.69, 9.17) is 16.3 Å².